The van der Waals surface area contributed by atoms with Gasteiger partial charge in [0, 0.05) is 0 Å². The molecule has 0 aromatic carbocycles. The quantitative estimate of drug-likeness (QED) is 0.757. The van der Waals surface area contributed by atoms with Gasteiger partial charge in [0.1, 0.15) is 5.69 Å². The average Bonchev–Trinajstić information content (AvgIpc) is 2.43. The third-order valence-corrected chi connectivity index (χ3v) is 2.99. The molecule has 0 unspecified atom stereocenters. The highest BCUT2D eigenvalue weighted by molar-refractivity contribution is 9.10. The van der Waals surface area contributed by atoms with Gasteiger partial charge < -0.3 is 9.53 Å². The average molecular weight is 251 g/mol. The summed E-state index contributed by atoms with van der Waals surface area (Å²) in [6.45, 7) is 2.56. The van der Waals surface area contributed by atoms with Gasteiger partial charge in [0.2, 0.25) is 0 Å². The molecule has 0 amide bonds. The number of aliphatic hydroxyl groups excluding tert-OH is 1. The summed E-state index contributed by atoms with van der Waals surface area (Å²) in [5.41, 5.74) is 1.53. The van der Waals surface area contributed by atoms with Crippen molar-refractivity contribution in [1.82, 2.24) is 10.2 Å². The lowest BCUT2D eigenvalue weighted by atomic mass is 10.4. The van der Waals surface area contributed by atoms with E-state index in [9.17, 15) is 0 Å². The van der Waals surface area contributed by atoms with E-state index < -0.39 is 0 Å². The Bertz CT molecular complexity index is 254. The molecule has 0 saturated carbocycles. The third-order valence-electron chi connectivity index (χ3n) is 1.45. The van der Waals surface area contributed by atoms with Gasteiger partial charge in [-0.25, -0.2) is 0 Å². The summed E-state index contributed by atoms with van der Waals surface area (Å²) in [5, 5.41) is 15.5. The van der Waals surface area contributed by atoms with Crippen molar-refractivity contribution >= 4 is 25.7 Å². The van der Waals surface area contributed by atoms with E-state index in [4.69, 9.17) is 9.53 Å². The van der Waals surface area contributed by atoms with Gasteiger partial charge in [-0.15, -0.1) is 0 Å². The van der Waals surface area contributed by atoms with Crippen LogP contribution in [0.3, 0.4) is 0 Å². The van der Waals surface area contributed by atoms with Gasteiger partial charge in [-0.1, -0.05) is 6.55 Å². The number of halogens is 1. The minimum absolute atomic E-state index is 0.0306. The van der Waals surface area contributed by atoms with Crippen molar-refractivity contribution < 1.29 is 9.53 Å². The lowest BCUT2D eigenvalue weighted by molar-refractivity contribution is 0.276. The van der Waals surface area contributed by atoms with Crippen LogP contribution in [0.15, 0.2) is 4.47 Å². The second-order valence-corrected chi connectivity index (χ2v) is 4.04. The Morgan fingerprint density at radius 2 is 2.50 bits per heavy atom. The van der Waals surface area contributed by atoms with E-state index in [1.807, 2.05) is 0 Å². The van der Waals surface area contributed by atoms with Gasteiger partial charge in [-0.05, 0) is 15.9 Å². The van der Waals surface area contributed by atoms with Crippen LogP contribution in [0.2, 0.25) is 6.55 Å². The van der Waals surface area contributed by atoms with Crippen molar-refractivity contribution in [3.8, 4) is 0 Å². The highest BCUT2D eigenvalue weighted by atomic mass is 79.9. The zero-order valence-corrected chi connectivity index (χ0v) is 9.80. The fourth-order valence-electron chi connectivity index (χ4n) is 0.806. The van der Waals surface area contributed by atoms with Crippen molar-refractivity contribution in [2.45, 2.75) is 19.8 Å². The van der Waals surface area contributed by atoms with Crippen LogP contribution in [0, 0.1) is 0 Å². The maximum absolute atomic E-state index is 8.82. The second-order valence-electron chi connectivity index (χ2n) is 2.26. The molecule has 1 heterocycles. The van der Waals surface area contributed by atoms with E-state index in [0.717, 1.165) is 10.2 Å². The van der Waals surface area contributed by atoms with Crippen LogP contribution in [0.4, 0.5) is 0 Å². The first-order valence-electron chi connectivity index (χ1n) is 3.69. The number of aliphatic hydroxyl groups is 1. The Labute approximate surface area is 81.4 Å². The Hall–Kier alpha value is -0.173. The molecule has 4 nitrogen and oxygen atoms in total. The zero-order chi connectivity index (χ0) is 8.97. The molecule has 2 N–H and O–H groups in total. The molecule has 0 fully saturated rings. The number of H-pyrrole nitrogens is 1. The molecule has 1 rings (SSSR count). The number of nitrogens with one attached hydrogen (secondary N) is 1. The number of nitrogens with zero attached hydrogens (tertiary/aromatic N) is 1. The number of aromatic nitrogens is 2. The van der Waals surface area contributed by atoms with Crippen LogP contribution in [0.5, 0.6) is 0 Å². The first-order chi connectivity index (χ1) is 5.79. The van der Waals surface area contributed by atoms with Crippen LogP contribution < -0.4 is 0 Å². The van der Waals surface area contributed by atoms with E-state index >= 15 is 0 Å². The minimum Gasteiger partial charge on any atom is -0.418 e. The maximum Gasteiger partial charge on any atom is 0.159 e. The van der Waals surface area contributed by atoms with E-state index in [1.165, 1.54) is 0 Å². The zero-order valence-electron chi connectivity index (χ0n) is 6.80. The van der Waals surface area contributed by atoms with Crippen molar-refractivity contribution in [3.63, 3.8) is 0 Å². The van der Waals surface area contributed by atoms with Crippen LogP contribution in [0.25, 0.3) is 0 Å². The molecule has 0 bridgehead atoms. The summed E-state index contributed by atoms with van der Waals surface area (Å²) < 4.78 is 6.13. The largest absolute Gasteiger partial charge is 0.418 e. The molecule has 12 heavy (non-hydrogen) atoms. The van der Waals surface area contributed by atoms with E-state index in [0.29, 0.717) is 12.3 Å². The lowest BCUT2D eigenvalue weighted by Gasteiger charge is -1.97. The highest BCUT2D eigenvalue weighted by Crippen LogP contribution is 2.19. The fourth-order valence-corrected chi connectivity index (χ4v) is 1.62. The number of hydrogen-bond donors (Lipinski definition) is 2. The summed E-state index contributed by atoms with van der Waals surface area (Å²) in [7, 11) is -0.380. The van der Waals surface area contributed by atoms with Gasteiger partial charge in [0.25, 0.3) is 0 Å². The van der Waals surface area contributed by atoms with Gasteiger partial charge in [0.15, 0.2) is 9.76 Å². The fraction of sp³-hybridized carbons (Fsp3) is 0.500. The van der Waals surface area contributed by atoms with E-state index in [2.05, 4.69) is 32.7 Å². The minimum atomic E-state index is -0.380. The van der Waals surface area contributed by atoms with Crippen molar-refractivity contribution in [2.24, 2.45) is 0 Å². The monoisotopic (exact) mass is 250 g/mol. The summed E-state index contributed by atoms with van der Waals surface area (Å²) in [6.07, 6.45) is 0. The molecule has 0 radical (unpaired) electrons. The predicted octanol–water partition coefficient (Wildman–Crippen LogP) is 0.313. The summed E-state index contributed by atoms with van der Waals surface area (Å²) in [4.78, 5) is 0. The molecule has 0 saturated heterocycles. The number of rotatable bonds is 4. The highest BCUT2D eigenvalue weighted by Gasteiger charge is 2.08. The Morgan fingerprint density at radius 3 is 3.00 bits per heavy atom. The molecule has 68 valence electrons. The van der Waals surface area contributed by atoms with Crippen LogP contribution >= 0.6 is 15.9 Å². The first-order valence-corrected chi connectivity index (χ1v) is 6.48. The van der Waals surface area contributed by atoms with Crippen molar-refractivity contribution in [3.05, 3.63) is 15.9 Å². The number of hydrogen-bond acceptors (Lipinski definition) is 3. The summed E-state index contributed by atoms with van der Waals surface area (Å²) in [6, 6.07) is 0. The Morgan fingerprint density at radius 1 is 1.75 bits per heavy atom. The molecule has 0 aliphatic carbocycles. The number of aromatic amines is 1. The Kier molecular flexibility index (Phi) is 3.93. The normalized spacial score (nSPS) is 11.6. The van der Waals surface area contributed by atoms with Crippen LogP contribution in [-0.2, 0) is 17.6 Å². The van der Waals surface area contributed by atoms with Crippen molar-refractivity contribution in [2.75, 3.05) is 0 Å². The molecule has 0 aliphatic heterocycles. The molecule has 0 aliphatic rings. The first kappa shape index (κ1) is 9.91. The standard InChI is InChI=1S/C6H11BrN2O2Si/c1-12-11-3-5-6(7)4(2-10)8-9-5/h10H,2-3,12H2,1H3,(H,8,9). The maximum atomic E-state index is 8.82. The Balaban J connectivity index is 2.66. The van der Waals surface area contributed by atoms with Crippen molar-refractivity contribution in [1.29, 1.82) is 0 Å². The van der Waals surface area contributed by atoms with Gasteiger partial charge >= 0.3 is 0 Å². The summed E-state index contributed by atoms with van der Waals surface area (Å²) in [5.74, 6) is 0. The van der Waals surface area contributed by atoms with Gasteiger partial charge in [-0.3, -0.25) is 5.10 Å². The SMILES string of the molecule is C[SiH2]OCc1n[nH]c(CO)c1Br. The molecule has 0 spiro atoms. The third kappa shape index (κ3) is 2.16. The van der Waals surface area contributed by atoms with E-state index in [1.54, 1.807) is 0 Å². The van der Waals surface area contributed by atoms with Gasteiger partial charge in [-0.2, -0.15) is 5.10 Å². The molecule has 0 atom stereocenters. The lowest BCUT2D eigenvalue weighted by Crippen LogP contribution is -1.95. The molecule has 6 heteroatoms. The smallest absolute Gasteiger partial charge is 0.159 e. The van der Waals surface area contributed by atoms with Crippen LogP contribution in [0.1, 0.15) is 11.4 Å². The second kappa shape index (κ2) is 4.76. The van der Waals surface area contributed by atoms with Gasteiger partial charge in [0.05, 0.1) is 23.4 Å². The molecule has 1 aromatic rings. The van der Waals surface area contributed by atoms with E-state index in [-0.39, 0.29) is 16.4 Å². The predicted molar refractivity (Wildman–Crippen MR) is 51.4 cm³/mol. The van der Waals surface area contributed by atoms with Crippen LogP contribution in [-0.4, -0.2) is 25.1 Å². The molecule has 1 aromatic heterocycles. The molecular formula is C6H11BrN2O2Si. The topological polar surface area (TPSA) is 58.1 Å². The summed E-state index contributed by atoms with van der Waals surface area (Å²) >= 11 is 3.32. The molecular weight excluding hydrogens is 240 g/mol.